The lowest BCUT2D eigenvalue weighted by molar-refractivity contribution is -0.145. The van der Waals surface area contributed by atoms with Gasteiger partial charge in [0.2, 0.25) is 0 Å². The van der Waals surface area contributed by atoms with Gasteiger partial charge < -0.3 is 24.1 Å². The third kappa shape index (κ3) is 4.32. The number of methoxy groups -OCH3 is 3. The number of carbonyl (C=O) groups is 1. The molecule has 2 aromatic carbocycles. The third-order valence-corrected chi connectivity index (χ3v) is 3.51. The summed E-state index contributed by atoms with van der Waals surface area (Å²) in [5.74, 6) is 1.27. The van der Waals surface area contributed by atoms with Gasteiger partial charge in [-0.05, 0) is 42.5 Å². The van der Waals surface area contributed by atoms with Gasteiger partial charge >= 0.3 is 5.97 Å². The molecule has 0 saturated carbocycles. The molecule has 128 valence electrons. The quantitative estimate of drug-likeness (QED) is 0.801. The Bertz CT molecular complexity index is 680. The van der Waals surface area contributed by atoms with E-state index < -0.39 is 12.1 Å². The topological polar surface area (TPSA) is 74.2 Å². The van der Waals surface area contributed by atoms with Crippen LogP contribution in [0.25, 0.3) is 0 Å². The van der Waals surface area contributed by atoms with Crippen LogP contribution in [0, 0.1) is 0 Å². The summed E-state index contributed by atoms with van der Waals surface area (Å²) in [5, 5.41) is 9.46. The number of ether oxygens (including phenoxy) is 4. The fourth-order valence-corrected chi connectivity index (χ4v) is 2.24. The van der Waals surface area contributed by atoms with Crippen LogP contribution in [-0.2, 0) is 11.2 Å². The molecule has 0 aromatic heterocycles. The Morgan fingerprint density at radius 1 is 0.917 bits per heavy atom. The van der Waals surface area contributed by atoms with Crippen molar-refractivity contribution in [1.29, 1.82) is 0 Å². The van der Waals surface area contributed by atoms with E-state index in [0.717, 1.165) is 0 Å². The van der Waals surface area contributed by atoms with Crippen LogP contribution < -0.4 is 18.9 Å². The molecule has 2 aromatic rings. The molecule has 0 saturated heterocycles. The van der Waals surface area contributed by atoms with Gasteiger partial charge in [0.25, 0.3) is 0 Å². The van der Waals surface area contributed by atoms with Gasteiger partial charge in [-0.25, -0.2) is 4.79 Å². The fourth-order valence-electron chi connectivity index (χ4n) is 2.24. The molecular formula is C18H20O6. The summed E-state index contributed by atoms with van der Waals surface area (Å²) >= 11 is 0. The Morgan fingerprint density at radius 2 is 1.50 bits per heavy atom. The number of rotatable bonds is 8. The fraction of sp³-hybridized carbons (Fsp3) is 0.278. The molecule has 1 atom stereocenters. The summed E-state index contributed by atoms with van der Waals surface area (Å²) in [6.07, 6.45) is -0.915. The molecule has 0 aliphatic carbocycles. The maximum Gasteiger partial charge on any atom is 0.345 e. The first-order chi connectivity index (χ1) is 11.6. The van der Waals surface area contributed by atoms with Crippen molar-refractivity contribution < 1.29 is 28.8 Å². The summed E-state index contributed by atoms with van der Waals surface area (Å²) in [7, 11) is 4.64. The standard InChI is InChI=1S/C18H20O6/c1-21-13-4-6-14(7-5-13)24-17(18(19)20)11-12-10-15(22-2)8-9-16(12)23-3/h4-10,17H,11H2,1-3H3,(H,19,20). The first kappa shape index (κ1) is 17.5. The molecule has 0 radical (unpaired) electrons. The molecule has 0 amide bonds. The Hall–Kier alpha value is -2.89. The molecule has 2 rings (SSSR count). The van der Waals surface area contributed by atoms with Crippen molar-refractivity contribution in [3.05, 3.63) is 48.0 Å². The van der Waals surface area contributed by atoms with Gasteiger partial charge in [0.05, 0.1) is 21.3 Å². The second-order valence-corrected chi connectivity index (χ2v) is 5.00. The molecule has 0 aliphatic heterocycles. The van der Waals surface area contributed by atoms with Gasteiger partial charge in [0, 0.05) is 12.0 Å². The monoisotopic (exact) mass is 332 g/mol. The van der Waals surface area contributed by atoms with Gasteiger partial charge in [0.15, 0.2) is 6.10 Å². The van der Waals surface area contributed by atoms with Crippen molar-refractivity contribution in [2.24, 2.45) is 0 Å². The Balaban J connectivity index is 2.20. The van der Waals surface area contributed by atoms with E-state index in [1.807, 2.05) is 0 Å². The van der Waals surface area contributed by atoms with Crippen LogP contribution in [-0.4, -0.2) is 38.5 Å². The van der Waals surface area contributed by atoms with Gasteiger partial charge in [0.1, 0.15) is 23.0 Å². The molecule has 6 heteroatoms. The minimum Gasteiger partial charge on any atom is -0.497 e. The molecular weight excluding hydrogens is 312 g/mol. The van der Waals surface area contributed by atoms with E-state index >= 15 is 0 Å². The molecule has 0 fully saturated rings. The molecule has 1 unspecified atom stereocenters. The maximum absolute atomic E-state index is 11.6. The number of carboxylic acid groups (broad SMARTS) is 1. The van der Waals surface area contributed by atoms with E-state index in [1.54, 1.807) is 56.7 Å². The third-order valence-electron chi connectivity index (χ3n) is 3.51. The molecule has 1 N–H and O–H groups in total. The summed E-state index contributed by atoms with van der Waals surface area (Å²) in [4.78, 5) is 11.6. The van der Waals surface area contributed by atoms with Crippen LogP contribution in [0.3, 0.4) is 0 Å². The molecule has 0 aliphatic rings. The molecule has 0 spiro atoms. The van der Waals surface area contributed by atoms with Gasteiger partial charge in [-0.1, -0.05) is 0 Å². The Labute approximate surface area is 140 Å². The van der Waals surface area contributed by atoms with E-state index in [0.29, 0.717) is 28.6 Å². The lowest BCUT2D eigenvalue weighted by atomic mass is 10.1. The van der Waals surface area contributed by atoms with E-state index in [4.69, 9.17) is 18.9 Å². The predicted molar refractivity (Wildman–Crippen MR) is 88.3 cm³/mol. The first-order valence-electron chi connectivity index (χ1n) is 7.31. The lowest BCUT2D eigenvalue weighted by Gasteiger charge is -2.17. The SMILES string of the molecule is COc1ccc(OC(Cc2cc(OC)ccc2OC)C(=O)O)cc1. The summed E-state index contributed by atoms with van der Waals surface area (Å²) in [6.45, 7) is 0. The second kappa shape index (κ2) is 8.10. The van der Waals surface area contributed by atoms with E-state index in [9.17, 15) is 9.90 Å². The van der Waals surface area contributed by atoms with Gasteiger partial charge in [-0.2, -0.15) is 0 Å². The molecule has 0 bridgehead atoms. The van der Waals surface area contributed by atoms with Crippen LogP contribution in [0.15, 0.2) is 42.5 Å². The smallest absolute Gasteiger partial charge is 0.345 e. The van der Waals surface area contributed by atoms with E-state index in [2.05, 4.69) is 0 Å². The Kier molecular flexibility index (Phi) is 5.89. The Morgan fingerprint density at radius 3 is 2.04 bits per heavy atom. The van der Waals surface area contributed by atoms with Crippen molar-refractivity contribution in [2.45, 2.75) is 12.5 Å². The predicted octanol–water partition coefficient (Wildman–Crippen LogP) is 2.79. The normalized spacial score (nSPS) is 11.5. The highest BCUT2D eigenvalue weighted by Gasteiger charge is 2.22. The van der Waals surface area contributed by atoms with Crippen molar-refractivity contribution >= 4 is 5.97 Å². The minimum absolute atomic E-state index is 0.141. The number of carboxylic acids is 1. The molecule has 0 heterocycles. The highest BCUT2D eigenvalue weighted by molar-refractivity contribution is 5.73. The van der Waals surface area contributed by atoms with Gasteiger partial charge in [-0.3, -0.25) is 0 Å². The maximum atomic E-state index is 11.6. The zero-order chi connectivity index (χ0) is 17.5. The average Bonchev–Trinajstić information content (AvgIpc) is 2.61. The minimum atomic E-state index is -1.06. The van der Waals surface area contributed by atoms with Crippen molar-refractivity contribution in [2.75, 3.05) is 21.3 Å². The van der Waals surface area contributed by atoms with Gasteiger partial charge in [-0.15, -0.1) is 0 Å². The molecule has 6 nitrogen and oxygen atoms in total. The second-order valence-electron chi connectivity index (χ2n) is 5.00. The summed E-state index contributed by atoms with van der Waals surface area (Å²) in [5.41, 5.74) is 0.692. The van der Waals surface area contributed by atoms with E-state index in [-0.39, 0.29) is 6.42 Å². The van der Waals surface area contributed by atoms with Crippen LogP contribution >= 0.6 is 0 Å². The lowest BCUT2D eigenvalue weighted by Crippen LogP contribution is -2.29. The first-order valence-corrected chi connectivity index (χ1v) is 7.31. The van der Waals surface area contributed by atoms with Crippen LogP contribution in [0.1, 0.15) is 5.56 Å². The van der Waals surface area contributed by atoms with Crippen LogP contribution in [0.2, 0.25) is 0 Å². The zero-order valence-electron chi connectivity index (χ0n) is 13.8. The molecule has 24 heavy (non-hydrogen) atoms. The highest BCUT2D eigenvalue weighted by atomic mass is 16.5. The van der Waals surface area contributed by atoms with Crippen molar-refractivity contribution in [3.63, 3.8) is 0 Å². The van der Waals surface area contributed by atoms with Crippen molar-refractivity contribution in [3.8, 4) is 23.0 Å². The number of benzene rings is 2. The number of hydrogen-bond acceptors (Lipinski definition) is 5. The number of aliphatic carboxylic acids is 1. The summed E-state index contributed by atoms with van der Waals surface area (Å²) in [6, 6.07) is 12.0. The number of hydrogen-bond donors (Lipinski definition) is 1. The van der Waals surface area contributed by atoms with Crippen LogP contribution in [0.5, 0.6) is 23.0 Å². The summed E-state index contributed by atoms with van der Waals surface area (Å²) < 4.78 is 21.1. The van der Waals surface area contributed by atoms with Crippen molar-refractivity contribution in [1.82, 2.24) is 0 Å². The average molecular weight is 332 g/mol. The highest BCUT2D eigenvalue weighted by Crippen LogP contribution is 2.26. The van der Waals surface area contributed by atoms with Crippen LogP contribution in [0.4, 0.5) is 0 Å². The largest absolute Gasteiger partial charge is 0.497 e. The zero-order valence-corrected chi connectivity index (χ0v) is 13.8. The van der Waals surface area contributed by atoms with E-state index in [1.165, 1.54) is 7.11 Å².